The molecule has 6 heteroatoms. The van der Waals surface area contributed by atoms with E-state index in [0.717, 1.165) is 5.56 Å². The highest BCUT2D eigenvalue weighted by atomic mass is 35.5. The van der Waals surface area contributed by atoms with Crippen LogP contribution in [0.3, 0.4) is 0 Å². The molecule has 3 rings (SSSR count). The molecule has 4 nitrogen and oxygen atoms in total. The smallest absolute Gasteiger partial charge is 0.283 e. The Kier molecular flexibility index (Phi) is 4.15. The van der Waals surface area contributed by atoms with Gasteiger partial charge in [-0.1, -0.05) is 48.0 Å². The number of benzene rings is 2. The van der Waals surface area contributed by atoms with Gasteiger partial charge in [0.2, 0.25) is 5.78 Å². The summed E-state index contributed by atoms with van der Waals surface area (Å²) in [5.74, 6) is -0.338. The second kappa shape index (κ2) is 6.00. The number of hydrogen-bond donors (Lipinski definition) is 0. The number of fused-ring (bicyclic) bond motifs is 1. The molecule has 0 saturated heterocycles. The molecular weight excluding hydrogens is 346 g/mol. The standard InChI is InChI=1S/C18H14ClNO3S/c1-11-7-8-12(2)17(9-11)24(22,23)20-16-10-15(19)18(21)14-6-4-3-5-13(14)16/h3-10H,1-2H3/b20-16-. The summed E-state index contributed by atoms with van der Waals surface area (Å²) in [6.45, 7) is 3.53. The summed E-state index contributed by atoms with van der Waals surface area (Å²) < 4.78 is 29.4. The zero-order valence-corrected chi connectivity index (χ0v) is 14.6. The molecule has 0 saturated carbocycles. The molecule has 24 heavy (non-hydrogen) atoms. The molecule has 0 spiro atoms. The molecule has 0 aromatic heterocycles. The van der Waals surface area contributed by atoms with Crippen molar-refractivity contribution >= 4 is 33.1 Å². The summed E-state index contributed by atoms with van der Waals surface area (Å²) in [4.78, 5) is 12.2. The molecule has 0 aliphatic heterocycles. The average Bonchev–Trinajstić information content (AvgIpc) is 2.54. The van der Waals surface area contributed by atoms with Gasteiger partial charge in [-0.2, -0.15) is 12.8 Å². The van der Waals surface area contributed by atoms with Crippen LogP contribution in [-0.2, 0) is 10.0 Å². The molecule has 2 aromatic carbocycles. The third kappa shape index (κ3) is 2.92. The van der Waals surface area contributed by atoms with Gasteiger partial charge in [-0.15, -0.1) is 0 Å². The first-order valence-electron chi connectivity index (χ1n) is 7.23. The fourth-order valence-electron chi connectivity index (χ4n) is 2.54. The predicted octanol–water partition coefficient (Wildman–Crippen LogP) is 3.80. The maximum absolute atomic E-state index is 12.7. The molecule has 0 amide bonds. The Hall–Kier alpha value is -2.24. The van der Waals surface area contributed by atoms with E-state index in [4.69, 9.17) is 11.6 Å². The summed E-state index contributed by atoms with van der Waals surface area (Å²) in [5.41, 5.74) is 2.41. The summed E-state index contributed by atoms with van der Waals surface area (Å²) in [5, 5.41) is -0.0522. The number of Topliss-reactive ketones (excluding diaryl/α,β-unsaturated/α-hetero) is 1. The lowest BCUT2D eigenvalue weighted by molar-refractivity contribution is 0.104. The highest BCUT2D eigenvalue weighted by molar-refractivity contribution is 7.90. The molecule has 2 aromatic rings. The van der Waals surface area contributed by atoms with E-state index >= 15 is 0 Å². The number of carbonyl (C=O) groups excluding carboxylic acids is 1. The van der Waals surface area contributed by atoms with E-state index in [1.807, 2.05) is 13.0 Å². The van der Waals surface area contributed by atoms with Crippen molar-refractivity contribution in [1.29, 1.82) is 0 Å². The van der Waals surface area contributed by atoms with E-state index in [1.54, 1.807) is 43.3 Å². The van der Waals surface area contributed by atoms with Crippen LogP contribution >= 0.6 is 11.6 Å². The molecule has 0 heterocycles. The van der Waals surface area contributed by atoms with Gasteiger partial charge in [0.15, 0.2) is 0 Å². The number of hydrogen-bond acceptors (Lipinski definition) is 3. The van der Waals surface area contributed by atoms with Gasteiger partial charge < -0.3 is 0 Å². The van der Waals surface area contributed by atoms with Gasteiger partial charge in [0.1, 0.15) is 0 Å². The lowest BCUT2D eigenvalue weighted by atomic mass is 9.94. The summed E-state index contributed by atoms with van der Waals surface area (Å²) in [7, 11) is -3.92. The molecular formula is C18H14ClNO3S. The Morgan fingerprint density at radius 1 is 1.00 bits per heavy atom. The maximum atomic E-state index is 12.7. The average molecular weight is 360 g/mol. The Bertz CT molecular complexity index is 1020. The van der Waals surface area contributed by atoms with Crippen molar-refractivity contribution in [3.8, 4) is 0 Å². The van der Waals surface area contributed by atoms with Crippen molar-refractivity contribution in [2.75, 3.05) is 0 Å². The molecule has 0 bridgehead atoms. The SMILES string of the molecule is Cc1ccc(C)c(S(=O)(=O)/N=C2/C=C(Cl)C(=O)c3ccccc32)c1. The first-order valence-corrected chi connectivity index (χ1v) is 9.05. The highest BCUT2D eigenvalue weighted by Gasteiger charge is 2.25. The normalized spacial score (nSPS) is 16.0. The van der Waals surface area contributed by atoms with Crippen molar-refractivity contribution < 1.29 is 13.2 Å². The predicted molar refractivity (Wildman–Crippen MR) is 94.3 cm³/mol. The highest BCUT2D eigenvalue weighted by Crippen LogP contribution is 2.26. The third-order valence-corrected chi connectivity index (χ3v) is 5.48. The number of rotatable bonds is 2. The van der Waals surface area contributed by atoms with Crippen molar-refractivity contribution in [1.82, 2.24) is 0 Å². The van der Waals surface area contributed by atoms with Crippen molar-refractivity contribution in [3.05, 3.63) is 75.8 Å². The van der Waals surface area contributed by atoms with Crippen LogP contribution < -0.4 is 0 Å². The largest absolute Gasteiger partial charge is 0.288 e. The molecule has 0 unspecified atom stereocenters. The lowest BCUT2D eigenvalue weighted by Crippen LogP contribution is -2.16. The number of sulfonamides is 1. The van der Waals surface area contributed by atoms with Gasteiger partial charge in [0, 0.05) is 11.1 Å². The summed E-state index contributed by atoms with van der Waals surface area (Å²) >= 11 is 5.96. The van der Waals surface area contributed by atoms with Crippen LogP contribution in [0, 0.1) is 13.8 Å². The van der Waals surface area contributed by atoms with Crippen LogP contribution in [-0.4, -0.2) is 19.9 Å². The molecule has 0 N–H and O–H groups in total. The monoisotopic (exact) mass is 359 g/mol. The van der Waals surface area contributed by atoms with Crippen LogP contribution in [0.15, 0.2) is 62.9 Å². The minimum absolute atomic E-state index is 0.0522. The number of ketones is 1. The van der Waals surface area contributed by atoms with Crippen molar-refractivity contribution in [3.63, 3.8) is 0 Å². The quantitative estimate of drug-likeness (QED) is 0.819. The zero-order chi connectivity index (χ0) is 17.5. The van der Waals surface area contributed by atoms with E-state index in [2.05, 4.69) is 4.40 Å². The minimum Gasteiger partial charge on any atom is -0.288 e. The number of nitrogens with zero attached hydrogens (tertiary/aromatic N) is 1. The second-order valence-corrected chi connectivity index (χ2v) is 7.57. The zero-order valence-electron chi connectivity index (χ0n) is 13.1. The Labute approximate surface area is 145 Å². The van der Waals surface area contributed by atoms with Crippen molar-refractivity contribution in [2.45, 2.75) is 18.7 Å². The lowest BCUT2D eigenvalue weighted by Gasteiger charge is -2.14. The van der Waals surface area contributed by atoms with Gasteiger partial charge in [-0.3, -0.25) is 4.79 Å². The molecule has 1 aliphatic rings. The van der Waals surface area contributed by atoms with Gasteiger partial charge >= 0.3 is 0 Å². The fourth-order valence-corrected chi connectivity index (χ4v) is 4.06. The first kappa shape index (κ1) is 16.6. The number of aryl methyl sites for hydroxylation is 2. The topological polar surface area (TPSA) is 63.6 Å². The molecule has 122 valence electrons. The second-order valence-electron chi connectivity index (χ2n) is 5.59. The van der Waals surface area contributed by atoms with Gasteiger partial charge in [-0.05, 0) is 37.1 Å². The Morgan fingerprint density at radius 2 is 1.67 bits per heavy atom. The minimum atomic E-state index is -3.92. The van der Waals surface area contributed by atoms with Gasteiger partial charge in [-0.25, -0.2) is 0 Å². The molecule has 0 fully saturated rings. The Morgan fingerprint density at radius 3 is 2.38 bits per heavy atom. The fraction of sp³-hybridized carbons (Fsp3) is 0.111. The summed E-state index contributed by atoms with van der Waals surface area (Å²) in [6, 6.07) is 11.8. The maximum Gasteiger partial charge on any atom is 0.283 e. The van der Waals surface area contributed by atoms with Crippen LogP contribution in [0.1, 0.15) is 27.0 Å². The van der Waals surface area contributed by atoms with Crippen LogP contribution in [0.25, 0.3) is 0 Å². The Balaban J connectivity index is 2.20. The van der Waals surface area contributed by atoms with E-state index in [9.17, 15) is 13.2 Å². The van der Waals surface area contributed by atoms with Crippen molar-refractivity contribution in [2.24, 2.45) is 4.40 Å². The van der Waals surface area contributed by atoms with Gasteiger partial charge in [0.25, 0.3) is 10.0 Å². The van der Waals surface area contributed by atoms with E-state index < -0.39 is 10.0 Å². The third-order valence-electron chi connectivity index (χ3n) is 3.77. The van der Waals surface area contributed by atoms with Crippen LogP contribution in [0.2, 0.25) is 0 Å². The number of halogens is 1. The van der Waals surface area contributed by atoms with Crippen LogP contribution in [0.5, 0.6) is 0 Å². The summed E-state index contributed by atoms with van der Waals surface area (Å²) in [6.07, 6.45) is 1.30. The number of carbonyl (C=O) groups is 1. The number of allylic oxidation sites excluding steroid dienone is 2. The van der Waals surface area contributed by atoms with E-state index in [0.29, 0.717) is 16.7 Å². The van der Waals surface area contributed by atoms with E-state index in [1.165, 1.54) is 6.08 Å². The van der Waals surface area contributed by atoms with Gasteiger partial charge in [0.05, 0.1) is 15.6 Å². The van der Waals surface area contributed by atoms with Crippen LogP contribution in [0.4, 0.5) is 0 Å². The first-order chi connectivity index (χ1) is 11.3. The molecule has 0 radical (unpaired) electrons. The molecule has 0 atom stereocenters. The molecule has 1 aliphatic carbocycles. The van der Waals surface area contributed by atoms with E-state index in [-0.39, 0.29) is 21.4 Å².